The van der Waals surface area contributed by atoms with E-state index in [9.17, 15) is 18.4 Å². The molecule has 0 spiro atoms. The average Bonchev–Trinajstić information content (AvgIpc) is 3.35. The van der Waals surface area contributed by atoms with Crippen molar-refractivity contribution in [1.82, 2.24) is 0 Å². The molecule has 0 radical (unpaired) electrons. The number of aliphatic imine (C=N–C) groups is 2. The van der Waals surface area contributed by atoms with Gasteiger partial charge in [-0.1, -0.05) is 160 Å². The fourth-order valence-electron chi connectivity index (χ4n) is 7.75. The van der Waals surface area contributed by atoms with Gasteiger partial charge in [-0.3, -0.25) is 9.98 Å². The Bertz CT molecular complexity index is 2200. The molecular formula is C59H72F2N2O6. The van der Waals surface area contributed by atoms with Gasteiger partial charge >= 0.3 is 11.9 Å². The van der Waals surface area contributed by atoms with Gasteiger partial charge in [0.05, 0.1) is 35.7 Å². The Hall–Kier alpha value is -6.16. The van der Waals surface area contributed by atoms with E-state index in [1.807, 2.05) is 0 Å². The summed E-state index contributed by atoms with van der Waals surface area (Å²) in [7, 11) is 0. The molecule has 0 aliphatic heterocycles. The maximum Gasteiger partial charge on any atom is 0.343 e. The van der Waals surface area contributed by atoms with Crippen molar-refractivity contribution >= 4 is 35.7 Å². The highest BCUT2D eigenvalue weighted by Crippen LogP contribution is 2.30. The van der Waals surface area contributed by atoms with E-state index in [1.165, 1.54) is 127 Å². The fourth-order valence-corrected chi connectivity index (χ4v) is 7.75. The first kappa shape index (κ1) is 53.8. The summed E-state index contributed by atoms with van der Waals surface area (Å²) < 4.78 is 52.7. The molecule has 0 amide bonds. The van der Waals surface area contributed by atoms with Crippen molar-refractivity contribution in [3.05, 3.63) is 143 Å². The number of nitrogens with zero attached hydrogens (tertiary/aromatic N) is 2. The van der Waals surface area contributed by atoms with Crippen LogP contribution in [0.15, 0.2) is 113 Å². The molecule has 8 nitrogen and oxygen atoms in total. The summed E-state index contributed by atoms with van der Waals surface area (Å²) in [5.74, 6) is -0.748. The van der Waals surface area contributed by atoms with E-state index in [2.05, 4.69) is 23.8 Å². The highest BCUT2D eigenvalue weighted by molar-refractivity contribution is 5.94. The predicted octanol–water partition coefficient (Wildman–Crippen LogP) is 16.8. The van der Waals surface area contributed by atoms with Crippen molar-refractivity contribution in [3.8, 4) is 23.0 Å². The van der Waals surface area contributed by atoms with Gasteiger partial charge in [0.25, 0.3) is 0 Å². The second-order valence-corrected chi connectivity index (χ2v) is 17.7. The zero-order valence-corrected chi connectivity index (χ0v) is 41.1. The van der Waals surface area contributed by atoms with Crippen LogP contribution in [0.5, 0.6) is 23.0 Å². The number of carbonyl (C=O) groups excluding carboxylic acids is 2. The second kappa shape index (κ2) is 31.1. The lowest BCUT2D eigenvalue weighted by molar-refractivity contribution is 0.0730. The third-order valence-corrected chi connectivity index (χ3v) is 12.0. The number of benzene rings is 5. The monoisotopic (exact) mass is 943 g/mol. The van der Waals surface area contributed by atoms with E-state index >= 15 is 0 Å². The molecule has 10 heteroatoms. The molecule has 0 atom stereocenters. The lowest BCUT2D eigenvalue weighted by Gasteiger charge is -2.12. The summed E-state index contributed by atoms with van der Waals surface area (Å²) in [6.45, 7) is 7.28. The summed E-state index contributed by atoms with van der Waals surface area (Å²) in [5.41, 5.74) is 2.72. The molecule has 0 heterocycles. The molecule has 69 heavy (non-hydrogen) atoms. The largest absolute Gasteiger partial charge is 0.493 e. The minimum absolute atomic E-state index is 0.179. The molecular weight excluding hydrogens is 871 g/mol. The van der Waals surface area contributed by atoms with E-state index in [4.69, 9.17) is 18.9 Å². The van der Waals surface area contributed by atoms with E-state index in [0.29, 0.717) is 41.4 Å². The molecule has 0 saturated carbocycles. The summed E-state index contributed by atoms with van der Waals surface area (Å²) in [6.07, 6.45) is 27.9. The molecule has 0 aliphatic carbocycles. The van der Waals surface area contributed by atoms with Crippen molar-refractivity contribution in [1.29, 1.82) is 0 Å². The molecule has 5 aromatic carbocycles. The SMILES string of the molecule is CCCCCCCCCCCCOc1ccc(N=Cc2ccc(C(=O)Oc3cccc(OC(=O)c4ccc(C=Nc5ccc(OCCCCCCCCCCCC)cc5F)cc4)c3C)cc2)c(F)c1. The van der Waals surface area contributed by atoms with Gasteiger partial charge in [-0.2, -0.15) is 0 Å². The van der Waals surface area contributed by atoms with Gasteiger partial charge in [-0.25, -0.2) is 18.4 Å². The minimum Gasteiger partial charge on any atom is -0.493 e. The van der Waals surface area contributed by atoms with E-state index in [1.54, 1.807) is 97.9 Å². The van der Waals surface area contributed by atoms with Crippen LogP contribution in [0, 0.1) is 18.6 Å². The summed E-state index contributed by atoms with van der Waals surface area (Å²) in [6, 6.07) is 27.3. The van der Waals surface area contributed by atoms with Crippen LogP contribution in [0.25, 0.3) is 0 Å². The van der Waals surface area contributed by atoms with Crippen LogP contribution in [0.3, 0.4) is 0 Å². The maximum absolute atomic E-state index is 14.9. The zero-order chi connectivity index (χ0) is 48.9. The number of hydrogen-bond donors (Lipinski definition) is 0. The summed E-state index contributed by atoms with van der Waals surface area (Å²) in [5, 5.41) is 0. The molecule has 0 unspecified atom stereocenters. The fraction of sp³-hybridized carbons (Fsp3) is 0.424. The van der Waals surface area contributed by atoms with Crippen molar-refractivity contribution in [2.45, 2.75) is 149 Å². The van der Waals surface area contributed by atoms with Crippen LogP contribution in [0.2, 0.25) is 0 Å². The Labute approximate surface area is 409 Å². The highest BCUT2D eigenvalue weighted by Gasteiger charge is 2.16. The first-order chi connectivity index (χ1) is 33.7. The van der Waals surface area contributed by atoms with Crippen LogP contribution in [-0.4, -0.2) is 37.6 Å². The topological polar surface area (TPSA) is 95.8 Å². The predicted molar refractivity (Wildman–Crippen MR) is 276 cm³/mol. The zero-order valence-electron chi connectivity index (χ0n) is 41.1. The molecule has 5 aromatic rings. The molecule has 368 valence electrons. The number of carbonyl (C=O) groups is 2. The van der Waals surface area contributed by atoms with Crippen LogP contribution in [0.1, 0.15) is 180 Å². The number of ether oxygens (including phenoxy) is 4. The van der Waals surface area contributed by atoms with Crippen LogP contribution < -0.4 is 18.9 Å². The van der Waals surface area contributed by atoms with E-state index in [-0.39, 0.29) is 34.0 Å². The van der Waals surface area contributed by atoms with Gasteiger partial charge in [0.15, 0.2) is 11.6 Å². The lowest BCUT2D eigenvalue weighted by atomic mass is 10.1. The van der Waals surface area contributed by atoms with E-state index < -0.39 is 23.6 Å². The van der Waals surface area contributed by atoms with Crippen molar-refractivity contribution in [3.63, 3.8) is 0 Å². The third kappa shape index (κ3) is 19.8. The molecule has 0 aliphatic rings. The number of halogens is 2. The molecule has 0 bridgehead atoms. The Balaban J connectivity index is 1.02. The molecule has 0 aromatic heterocycles. The Morgan fingerprint density at radius 2 is 0.812 bits per heavy atom. The Kier molecular flexibility index (Phi) is 24.2. The van der Waals surface area contributed by atoms with Crippen LogP contribution in [0.4, 0.5) is 20.2 Å². The quantitative estimate of drug-likeness (QED) is 0.0184. The van der Waals surface area contributed by atoms with Gasteiger partial charge in [-0.15, -0.1) is 0 Å². The van der Waals surface area contributed by atoms with Gasteiger partial charge < -0.3 is 18.9 Å². The molecule has 0 saturated heterocycles. The molecule has 5 rings (SSSR count). The second-order valence-electron chi connectivity index (χ2n) is 17.7. The van der Waals surface area contributed by atoms with Crippen molar-refractivity contribution < 1.29 is 37.3 Å². The van der Waals surface area contributed by atoms with Crippen molar-refractivity contribution in [2.75, 3.05) is 13.2 Å². The number of hydrogen-bond acceptors (Lipinski definition) is 8. The minimum atomic E-state index is -0.606. The van der Waals surface area contributed by atoms with Crippen LogP contribution in [-0.2, 0) is 0 Å². The molecule has 0 N–H and O–H groups in total. The normalized spacial score (nSPS) is 11.4. The smallest absolute Gasteiger partial charge is 0.343 e. The number of rotatable bonds is 32. The standard InChI is InChI=1S/C59H72F2N2O6/c1-4-6-8-10-12-14-16-18-20-22-39-66-50-35-37-54(52(60)41-50)62-43-46-27-31-48(32-28-46)58(64)68-56-25-24-26-57(45(56)3)69-59(65)49-33-29-47(30-34-49)44-63-55-38-36-51(42-53(55)61)67-40-23-21-19-17-15-13-11-9-7-5-2/h24-38,41-44H,4-23,39-40H2,1-3H3. The first-order valence-electron chi connectivity index (χ1n) is 25.4. The number of esters is 2. The number of unbranched alkanes of at least 4 members (excludes halogenated alkanes) is 18. The third-order valence-electron chi connectivity index (χ3n) is 12.0. The Morgan fingerprint density at radius 1 is 0.464 bits per heavy atom. The van der Waals surface area contributed by atoms with E-state index in [0.717, 1.165) is 25.7 Å². The van der Waals surface area contributed by atoms with Gasteiger partial charge in [0, 0.05) is 30.1 Å². The molecule has 0 fully saturated rings. The highest BCUT2D eigenvalue weighted by atomic mass is 19.1. The summed E-state index contributed by atoms with van der Waals surface area (Å²) in [4.78, 5) is 34.9. The van der Waals surface area contributed by atoms with Gasteiger partial charge in [-0.05, 0) is 91.6 Å². The Morgan fingerprint density at radius 3 is 1.16 bits per heavy atom. The maximum atomic E-state index is 14.9. The summed E-state index contributed by atoms with van der Waals surface area (Å²) >= 11 is 0. The van der Waals surface area contributed by atoms with Crippen molar-refractivity contribution in [2.24, 2.45) is 9.98 Å². The lowest BCUT2D eigenvalue weighted by Crippen LogP contribution is -2.12. The van der Waals surface area contributed by atoms with Gasteiger partial charge in [0.2, 0.25) is 0 Å². The first-order valence-corrected chi connectivity index (χ1v) is 25.4. The van der Waals surface area contributed by atoms with Gasteiger partial charge in [0.1, 0.15) is 23.0 Å². The average molecular weight is 943 g/mol. The van der Waals surface area contributed by atoms with Crippen LogP contribution >= 0.6 is 0 Å².